The highest BCUT2D eigenvalue weighted by molar-refractivity contribution is 7.25. The molecule has 2 aromatic heterocycles. The van der Waals surface area contributed by atoms with E-state index >= 15 is 0 Å². The number of fused-ring (bicyclic) bond motifs is 6. The van der Waals surface area contributed by atoms with Crippen LogP contribution in [0.4, 0.5) is 17.1 Å². The van der Waals surface area contributed by atoms with E-state index in [1.54, 1.807) is 11.3 Å². The Morgan fingerprint density at radius 2 is 0.923 bits per heavy atom. The van der Waals surface area contributed by atoms with Crippen molar-refractivity contribution < 1.29 is 0 Å². The molecule has 0 N–H and O–H groups in total. The summed E-state index contributed by atoms with van der Waals surface area (Å²) in [5.74, 6) is 0. The van der Waals surface area contributed by atoms with Gasteiger partial charge < -0.3 is 4.90 Å². The van der Waals surface area contributed by atoms with Gasteiger partial charge in [0.15, 0.2) is 0 Å². The van der Waals surface area contributed by atoms with Gasteiger partial charge >= 0.3 is 0 Å². The Morgan fingerprint density at radius 3 is 1.63 bits per heavy atom. The molecule has 0 aliphatic carbocycles. The van der Waals surface area contributed by atoms with Crippen LogP contribution in [0.25, 0.3) is 75.2 Å². The van der Waals surface area contributed by atoms with Crippen LogP contribution >= 0.6 is 11.3 Å². The second-order valence-corrected chi connectivity index (χ2v) is 14.3. The molecule has 244 valence electrons. The van der Waals surface area contributed by atoms with E-state index < -0.39 is 0 Å². The number of pyridine rings is 1. The maximum atomic E-state index is 4.69. The van der Waals surface area contributed by atoms with Crippen LogP contribution in [0.3, 0.4) is 0 Å². The standard InChI is InChI=1S/C49H32N2S/c1-2-9-33(10-3-1)34-16-23-39(24-17-34)51(40-25-18-35(19-26-40)37-22-29-47-46(31-37)49-48(52-47)15-8-30-50-49)41-27-20-36(21-28-41)45-32-38-11-4-5-12-42(38)43-13-6-7-14-44(43)45/h1-32H. The van der Waals surface area contributed by atoms with Gasteiger partial charge in [-0.2, -0.15) is 0 Å². The van der Waals surface area contributed by atoms with Crippen LogP contribution in [0.2, 0.25) is 0 Å². The average molecular weight is 681 g/mol. The molecule has 8 aromatic carbocycles. The van der Waals surface area contributed by atoms with E-state index in [4.69, 9.17) is 4.98 Å². The van der Waals surface area contributed by atoms with E-state index in [2.05, 4.69) is 187 Å². The third-order valence-corrected chi connectivity index (χ3v) is 11.2. The van der Waals surface area contributed by atoms with Crippen molar-refractivity contribution >= 4 is 70.2 Å². The highest BCUT2D eigenvalue weighted by Gasteiger charge is 2.15. The monoisotopic (exact) mass is 680 g/mol. The van der Waals surface area contributed by atoms with Crippen LogP contribution in [-0.2, 0) is 0 Å². The fourth-order valence-electron chi connectivity index (χ4n) is 7.54. The Kier molecular flexibility index (Phi) is 7.37. The van der Waals surface area contributed by atoms with Crippen LogP contribution in [0.15, 0.2) is 194 Å². The zero-order valence-corrected chi connectivity index (χ0v) is 29.1. The summed E-state index contributed by atoms with van der Waals surface area (Å²) in [6.07, 6.45) is 1.88. The lowest BCUT2D eigenvalue weighted by Crippen LogP contribution is -2.09. The van der Waals surface area contributed by atoms with Gasteiger partial charge in [0, 0.05) is 33.3 Å². The summed E-state index contributed by atoms with van der Waals surface area (Å²) >= 11 is 1.80. The van der Waals surface area contributed by atoms with Crippen LogP contribution in [-0.4, -0.2) is 4.98 Å². The molecule has 0 fully saturated rings. The van der Waals surface area contributed by atoms with E-state index in [-0.39, 0.29) is 0 Å². The molecule has 0 amide bonds. The molecule has 10 aromatic rings. The molecular weight excluding hydrogens is 649 g/mol. The summed E-state index contributed by atoms with van der Waals surface area (Å²) < 4.78 is 2.48. The van der Waals surface area contributed by atoms with Gasteiger partial charge in [0.2, 0.25) is 0 Å². The number of hydrogen-bond donors (Lipinski definition) is 0. The second-order valence-electron chi connectivity index (χ2n) is 13.2. The van der Waals surface area contributed by atoms with Crippen molar-refractivity contribution in [3.05, 3.63) is 194 Å². The zero-order valence-electron chi connectivity index (χ0n) is 28.3. The quantitative estimate of drug-likeness (QED) is 0.163. The second kappa shape index (κ2) is 12.6. The summed E-state index contributed by atoms with van der Waals surface area (Å²) in [7, 11) is 0. The summed E-state index contributed by atoms with van der Waals surface area (Å²) in [5, 5.41) is 6.29. The first-order valence-electron chi connectivity index (χ1n) is 17.6. The van der Waals surface area contributed by atoms with Gasteiger partial charge in [0.25, 0.3) is 0 Å². The minimum Gasteiger partial charge on any atom is -0.311 e. The van der Waals surface area contributed by atoms with Gasteiger partial charge in [-0.25, -0.2) is 0 Å². The van der Waals surface area contributed by atoms with Crippen LogP contribution < -0.4 is 4.90 Å². The number of aromatic nitrogens is 1. The molecule has 0 unspecified atom stereocenters. The molecular formula is C49H32N2S. The average Bonchev–Trinajstić information content (AvgIpc) is 3.60. The largest absolute Gasteiger partial charge is 0.311 e. The predicted molar refractivity (Wildman–Crippen MR) is 223 cm³/mol. The number of thiophene rings is 1. The van der Waals surface area contributed by atoms with E-state index in [1.165, 1.54) is 69.7 Å². The Bertz CT molecular complexity index is 2870. The normalized spacial score (nSPS) is 11.5. The number of hydrogen-bond acceptors (Lipinski definition) is 3. The van der Waals surface area contributed by atoms with Crippen LogP contribution in [0, 0.1) is 0 Å². The van der Waals surface area contributed by atoms with Gasteiger partial charge in [-0.15, -0.1) is 11.3 Å². The van der Waals surface area contributed by atoms with E-state index in [1.807, 2.05) is 12.3 Å². The van der Waals surface area contributed by atoms with E-state index in [9.17, 15) is 0 Å². The lowest BCUT2D eigenvalue weighted by Gasteiger charge is -2.26. The summed E-state index contributed by atoms with van der Waals surface area (Å²) in [6.45, 7) is 0. The minimum atomic E-state index is 1.08. The molecule has 2 heterocycles. The summed E-state index contributed by atoms with van der Waals surface area (Å²) in [6, 6.07) is 68.1. The van der Waals surface area contributed by atoms with Gasteiger partial charge in [0.1, 0.15) is 0 Å². The number of rotatable bonds is 6. The van der Waals surface area contributed by atoms with Crippen LogP contribution in [0.5, 0.6) is 0 Å². The van der Waals surface area contributed by atoms with Gasteiger partial charge in [-0.3, -0.25) is 4.98 Å². The zero-order chi connectivity index (χ0) is 34.4. The molecule has 0 radical (unpaired) electrons. The van der Waals surface area contributed by atoms with Gasteiger partial charge in [-0.05, 0) is 122 Å². The molecule has 0 saturated carbocycles. The maximum absolute atomic E-state index is 4.69. The Morgan fingerprint density at radius 1 is 0.365 bits per heavy atom. The lowest BCUT2D eigenvalue weighted by molar-refractivity contribution is 1.28. The first-order valence-corrected chi connectivity index (χ1v) is 18.4. The Labute approximate surface area is 306 Å². The smallest absolute Gasteiger partial charge is 0.0888 e. The van der Waals surface area contributed by atoms with Crippen molar-refractivity contribution in [2.75, 3.05) is 4.90 Å². The molecule has 0 aliphatic rings. The van der Waals surface area contributed by atoms with Crippen LogP contribution in [0.1, 0.15) is 0 Å². The lowest BCUT2D eigenvalue weighted by atomic mass is 9.93. The van der Waals surface area contributed by atoms with Crippen molar-refractivity contribution in [1.82, 2.24) is 4.98 Å². The Hall–Kier alpha value is -6.55. The fraction of sp³-hybridized carbons (Fsp3) is 0. The molecule has 0 aliphatic heterocycles. The van der Waals surface area contributed by atoms with Crippen molar-refractivity contribution in [3.8, 4) is 33.4 Å². The minimum absolute atomic E-state index is 1.08. The molecule has 0 bridgehead atoms. The number of anilines is 3. The fourth-order valence-corrected chi connectivity index (χ4v) is 8.59. The molecule has 0 spiro atoms. The topological polar surface area (TPSA) is 16.1 Å². The SMILES string of the molecule is c1ccc(-c2ccc(N(c3ccc(-c4ccc5sc6cccnc6c5c4)cc3)c3ccc(-c4cc5ccccc5c5ccccc45)cc3)cc2)cc1. The molecule has 0 saturated heterocycles. The number of nitrogens with zero attached hydrogens (tertiary/aromatic N) is 2. The third kappa shape index (κ3) is 5.31. The molecule has 52 heavy (non-hydrogen) atoms. The molecule has 0 atom stereocenters. The van der Waals surface area contributed by atoms with Crippen molar-refractivity contribution in [3.63, 3.8) is 0 Å². The first-order chi connectivity index (χ1) is 25.8. The first kappa shape index (κ1) is 30.3. The number of benzene rings is 8. The third-order valence-electron chi connectivity index (χ3n) is 10.1. The molecule has 3 heteroatoms. The predicted octanol–water partition coefficient (Wildman–Crippen LogP) is 14.2. The Balaban J connectivity index is 1.05. The molecule has 2 nitrogen and oxygen atoms in total. The van der Waals surface area contributed by atoms with E-state index in [0.29, 0.717) is 0 Å². The van der Waals surface area contributed by atoms with Gasteiger partial charge in [-0.1, -0.05) is 121 Å². The summed E-state index contributed by atoms with van der Waals surface area (Å²) in [4.78, 5) is 7.04. The van der Waals surface area contributed by atoms with Crippen molar-refractivity contribution in [1.29, 1.82) is 0 Å². The summed E-state index contributed by atoms with van der Waals surface area (Å²) in [5.41, 5.74) is 11.6. The maximum Gasteiger partial charge on any atom is 0.0888 e. The van der Waals surface area contributed by atoms with E-state index in [0.717, 1.165) is 22.6 Å². The van der Waals surface area contributed by atoms with Gasteiger partial charge in [0.05, 0.1) is 10.2 Å². The van der Waals surface area contributed by atoms with Crippen molar-refractivity contribution in [2.24, 2.45) is 0 Å². The highest BCUT2D eigenvalue weighted by atomic mass is 32.1. The molecule has 10 rings (SSSR count). The highest BCUT2D eigenvalue weighted by Crippen LogP contribution is 2.41. The van der Waals surface area contributed by atoms with Crippen molar-refractivity contribution in [2.45, 2.75) is 0 Å².